The molecule has 5 heteroatoms. The van der Waals surface area contributed by atoms with Crippen molar-refractivity contribution >= 4 is 35.0 Å². The second-order valence-electron chi connectivity index (χ2n) is 2.93. The van der Waals surface area contributed by atoms with Crippen LogP contribution in [-0.4, -0.2) is 11.2 Å². The maximum Gasteiger partial charge on any atom is 0.128 e. The summed E-state index contributed by atoms with van der Waals surface area (Å²) in [4.78, 5) is 0. The van der Waals surface area contributed by atoms with Crippen molar-refractivity contribution in [2.45, 2.75) is 19.1 Å². The summed E-state index contributed by atoms with van der Waals surface area (Å²) in [5.41, 5.74) is 5.98. The first-order chi connectivity index (χ1) is 6.02. The van der Waals surface area contributed by atoms with Gasteiger partial charge in [-0.2, -0.15) is 0 Å². The number of benzene rings is 1. The number of hydrogen-bond donors (Lipinski definition) is 2. The van der Waals surface area contributed by atoms with Crippen LogP contribution in [0.1, 0.15) is 18.5 Å². The highest BCUT2D eigenvalue weighted by Crippen LogP contribution is 2.20. The first-order valence-electron chi connectivity index (χ1n) is 3.91. The minimum absolute atomic E-state index is 0. The Bertz CT molecular complexity index is 309. The van der Waals surface area contributed by atoms with Gasteiger partial charge in [0.15, 0.2) is 0 Å². The summed E-state index contributed by atoms with van der Waals surface area (Å²) in [6.45, 7) is 1.55. The Morgan fingerprint density at radius 1 is 1.50 bits per heavy atom. The number of nitrogens with two attached hydrogens (primary N) is 1. The third-order valence-electron chi connectivity index (χ3n) is 1.84. The van der Waals surface area contributed by atoms with Crippen LogP contribution in [0.25, 0.3) is 0 Å². The van der Waals surface area contributed by atoms with Crippen molar-refractivity contribution in [1.29, 1.82) is 0 Å². The Morgan fingerprint density at radius 3 is 2.57 bits per heavy atom. The van der Waals surface area contributed by atoms with Gasteiger partial charge >= 0.3 is 0 Å². The van der Waals surface area contributed by atoms with Gasteiger partial charge < -0.3 is 10.8 Å². The number of aliphatic hydroxyl groups is 1. The fraction of sp³-hybridized carbons (Fsp3) is 0.333. The number of aliphatic hydroxyl groups excluding tert-OH is 1. The van der Waals surface area contributed by atoms with Crippen LogP contribution < -0.4 is 5.73 Å². The number of rotatable bonds is 2. The minimum atomic E-state index is -0.743. The third kappa shape index (κ3) is 3.34. The molecule has 0 heterocycles. The van der Waals surface area contributed by atoms with E-state index in [2.05, 4.69) is 22.6 Å². The lowest BCUT2D eigenvalue weighted by molar-refractivity contribution is 0.162. The quantitative estimate of drug-likeness (QED) is 0.817. The highest BCUT2D eigenvalue weighted by molar-refractivity contribution is 14.1. The van der Waals surface area contributed by atoms with Crippen LogP contribution in [0.15, 0.2) is 18.2 Å². The molecule has 2 atom stereocenters. The standard InChI is InChI=1S/C9H11FINO.ClH/c1-5(13)9(12)7-4-6(11)2-3-8(7)10;/h2-5,9,13H,12H2,1H3;1H/t5-,9-;/m0./s1. The zero-order chi connectivity index (χ0) is 10.0. The molecule has 0 spiro atoms. The molecule has 0 amide bonds. The molecule has 1 aromatic carbocycles. The largest absolute Gasteiger partial charge is 0.391 e. The Labute approximate surface area is 102 Å². The lowest BCUT2D eigenvalue weighted by Gasteiger charge is -2.15. The van der Waals surface area contributed by atoms with E-state index in [4.69, 9.17) is 5.73 Å². The summed E-state index contributed by atoms with van der Waals surface area (Å²) in [5, 5.41) is 9.20. The molecule has 0 aromatic heterocycles. The van der Waals surface area contributed by atoms with Gasteiger partial charge in [-0.1, -0.05) is 0 Å². The van der Waals surface area contributed by atoms with Gasteiger partial charge in [-0.05, 0) is 47.7 Å². The minimum Gasteiger partial charge on any atom is -0.391 e. The Morgan fingerprint density at radius 2 is 2.07 bits per heavy atom. The molecule has 0 aliphatic heterocycles. The van der Waals surface area contributed by atoms with Crippen molar-refractivity contribution in [2.24, 2.45) is 5.73 Å². The first kappa shape index (κ1) is 14.1. The third-order valence-corrected chi connectivity index (χ3v) is 2.51. The second-order valence-corrected chi connectivity index (χ2v) is 4.18. The molecule has 2 nitrogen and oxygen atoms in total. The van der Waals surface area contributed by atoms with Gasteiger partial charge in [0.2, 0.25) is 0 Å². The van der Waals surface area contributed by atoms with E-state index in [1.807, 2.05) is 0 Å². The molecule has 14 heavy (non-hydrogen) atoms. The van der Waals surface area contributed by atoms with Gasteiger partial charge in [0.1, 0.15) is 5.82 Å². The van der Waals surface area contributed by atoms with E-state index in [9.17, 15) is 9.50 Å². The van der Waals surface area contributed by atoms with E-state index in [0.717, 1.165) is 3.57 Å². The molecule has 1 aromatic rings. The zero-order valence-corrected chi connectivity index (χ0v) is 10.5. The van der Waals surface area contributed by atoms with Crippen LogP contribution in [0.2, 0.25) is 0 Å². The summed E-state index contributed by atoms with van der Waals surface area (Å²) >= 11 is 2.07. The van der Waals surface area contributed by atoms with Crippen LogP contribution in [0, 0.1) is 9.39 Å². The van der Waals surface area contributed by atoms with Gasteiger partial charge in [0, 0.05) is 9.13 Å². The van der Waals surface area contributed by atoms with E-state index >= 15 is 0 Å². The summed E-state index contributed by atoms with van der Waals surface area (Å²) in [6, 6.07) is 4.01. The van der Waals surface area contributed by atoms with Crippen molar-refractivity contribution in [1.82, 2.24) is 0 Å². The van der Waals surface area contributed by atoms with Gasteiger partial charge in [-0.25, -0.2) is 4.39 Å². The lowest BCUT2D eigenvalue weighted by atomic mass is 10.0. The lowest BCUT2D eigenvalue weighted by Crippen LogP contribution is -2.24. The summed E-state index contributed by atoms with van der Waals surface area (Å²) in [7, 11) is 0. The molecule has 0 bridgehead atoms. The topological polar surface area (TPSA) is 46.2 Å². The van der Waals surface area contributed by atoms with Gasteiger partial charge in [0.05, 0.1) is 12.1 Å². The SMILES string of the molecule is C[C@H](O)[C@H](N)c1cc(I)ccc1F.Cl. The van der Waals surface area contributed by atoms with Crippen LogP contribution in [0.5, 0.6) is 0 Å². The van der Waals surface area contributed by atoms with E-state index in [0.29, 0.717) is 5.56 Å². The maximum atomic E-state index is 13.2. The maximum absolute atomic E-state index is 13.2. The molecule has 0 saturated heterocycles. The average Bonchev–Trinajstić information content (AvgIpc) is 2.08. The smallest absolute Gasteiger partial charge is 0.128 e. The van der Waals surface area contributed by atoms with Gasteiger partial charge in [-0.3, -0.25) is 0 Å². The van der Waals surface area contributed by atoms with E-state index in [1.165, 1.54) is 6.07 Å². The Kier molecular flexibility index (Phi) is 5.88. The zero-order valence-electron chi connectivity index (χ0n) is 7.58. The number of hydrogen-bond acceptors (Lipinski definition) is 2. The predicted molar refractivity (Wildman–Crippen MR) is 65.0 cm³/mol. The fourth-order valence-corrected chi connectivity index (χ4v) is 1.55. The van der Waals surface area contributed by atoms with Crippen molar-refractivity contribution in [3.8, 4) is 0 Å². The van der Waals surface area contributed by atoms with Crippen LogP contribution in [0.3, 0.4) is 0 Å². The average molecular weight is 332 g/mol. The van der Waals surface area contributed by atoms with Crippen molar-refractivity contribution in [2.75, 3.05) is 0 Å². The molecule has 0 aliphatic carbocycles. The van der Waals surface area contributed by atoms with Crippen molar-refractivity contribution in [3.05, 3.63) is 33.1 Å². The molecular formula is C9H12ClFINO. The van der Waals surface area contributed by atoms with Gasteiger partial charge in [0.25, 0.3) is 0 Å². The van der Waals surface area contributed by atoms with E-state index in [1.54, 1.807) is 19.1 Å². The van der Waals surface area contributed by atoms with E-state index < -0.39 is 12.1 Å². The van der Waals surface area contributed by atoms with Crippen molar-refractivity contribution in [3.63, 3.8) is 0 Å². The monoisotopic (exact) mass is 331 g/mol. The van der Waals surface area contributed by atoms with Crippen molar-refractivity contribution < 1.29 is 9.50 Å². The highest BCUT2D eigenvalue weighted by atomic mass is 127. The Balaban J connectivity index is 0.00000169. The van der Waals surface area contributed by atoms with Crippen LogP contribution in [0.4, 0.5) is 4.39 Å². The van der Waals surface area contributed by atoms with Crippen LogP contribution >= 0.6 is 35.0 Å². The molecule has 1 rings (SSSR count). The first-order valence-corrected chi connectivity index (χ1v) is 4.99. The highest BCUT2D eigenvalue weighted by Gasteiger charge is 2.16. The molecule has 0 fully saturated rings. The molecule has 80 valence electrons. The normalized spacial score (nSPS) is 14.4. The molecule has 3 N–H and O–H groups in total. The second kappa shape index (κ2) is 5.85. The molecule has 0 saturated carbocycles. The van der Waals surface area contributed by atoms with E-state index in [-0.39, 0.29) is 18.2 Å². The molecule has 0 radical (unpaired) electrons. The summed E-state index contributed by atoms with van der Waals surface area (Å²) in [6.07, 6.45) is -0.743. The number of halogens is 3. The van der Waals surface area contributed by atoms with Gasteiger partial charge in [-0.15, -0.1) is 12.4 Å². The summed E-state index contributed by atoms with van der Waals surface area (Å²) in [5.74, 6) is -0.367. The fourth-order valence-electron chi connectivity index (χ4n) is 1.03. The van der Waals surface area contributed by atoms with Crippen LogP contribution in [-0.2, 0) is 0 Å². The molecule has 0 aliphatic rings. The molecular weight excluding hydrogens is 319 g/mol. The Hall–Kier alpha value is 0.0900. The summed E-state index contributed by atoms with van der Waals surface area (Å²) < 4.78 is 14.1. The molecule has 0 unspecified atom stereocenters. The predicted octanol–water partition coefficient (Wildman–Crippen LogP) is 2.23.